The summed E-state index contributed by atoms with van der Waals surface area (Å²) in [5.41, 5.74) is 2.18. The third kappa shape index (κ3) is 6.82. The van der Waals surface area contributed by atoms with Gasteiger partial charge in [0.25, 0.3) is 0 Å². The maximum atomic E-state index is 13.1. The van der Waals surface area contributed by atoms with Gasteiger partial charge in [-0.2, -0.15) is 4.98 Å². The van der Waals surface area contributed by atoms with Crippen molar-refractivity contribution in [1.29, 1.82) is 0 Å². The summed E-state index contributed by atoms with van der Waals surface area (Å²) in [6.45, 7) is 5.68. The molecule has 0 radical (unpaired) electrons. The van der Waals surface area contributed by atoms with Gasteiger partial charge in [0, 0.05) is 74.5 Å². The van der Waals surface area contributed by atoms with Gasteiger partial charge < -0.3 is 24.4 Å². The lowest BCUT2D eigenvalue weighted by atomic mass is 9.85. The Labute approximate surface area is 255 Å². The number of benzene rings is 1. The number of fused-ring (bicyclic) bond motifs is 1. The summed E-state index contributed by atoms with van der Waals surface area (Å²) in [7, 11) is -3.01. The van der Waals surface area contributed by atoms with Gasteiger partial charge in [-0.3, -0.25) is 4.79 Å². The zero-order valence-electron chi connectivity index (χ0n) is 24.6. The maximum Gasteiger partial charge on any atom is 0.225 e. The Bertz CT molecular complexity index is 1510. The van der Waals surface area contributed by atoms with E-state index < -0.39 is 9.84 Å². The van der Waals surface area contributed by atoms with E-state index in [1.165, 1.54) is 6.26 Å². The van der Waals surface area contributed by atoms with E-state index in [0.29, 0.717) is 25.4 Å². The van der Waals surface area contributed by atoms with Crippen LogP contribution in [0.1, 0.15) is 59.3 Å². The Morgan fingerprint density at radius 2 is 1.79 bits per heavy atom. The number of nitrogens with zero attached hydrogens (tertiary/aromatic N) is 5. The Balaban J connectivity index is 0.00000368. The van der Waals surface area contributed by atoms with Crippen molar-refractivity contribution in [1.82, 2.24) is 19.4 Å². The molecule has 1 saturated carbocycles. The van der Waals surface area contributed by atoms with Crippen LogP contribution in [0.2, 0.25) is 0 Å². The van der Waals surface area contributed by atoms with Crippen LogP contribution in [-0.4, -0.2) is 90.2 Å². The number of anilines is 2. The van der Waals surface area contributed by atoms with E-state index in [-0.39, 0.29) is 36.6 Å². The molecule has 0 unspecified atom stereocenters. The van der Waals surface area contributed by atoms with E-state index >= 15 is 0 Å². The fourth-order valence-corrected chi connectivity index (χ4v) is 8.00. The van der Waals surface area contributed by atoms with E-state index in [4.69, 9.17) is 9.72 Å². The first kappa shape index (κ1) is 31.3. The van der Waals surface area contributed by atoms with Gasteiger partial charge in [-0.05, 0) is 76.1 Å². The molecule has 10 nitrogen and oxygen atoms in total. The minimum atomic E-state index is -3.01. The number of piperidine rings is 1. The van der Waals surface area contributed by atoms with Crippen molar-refractivity contribution in [3.05, 3.63) is 42.7 Å². The van der Waals surface area contributed by atoms with E-state index in [2.05, 4.69) is 44.0 Å². The second-order valence-corrected chi connectivity index (χ2v) is 14.3. The smallest absolute Gasteiger partial charge is 0.225 e. The number of carbonyl (C=O) groups is 1. The lowest BCUT2D eigenvalue weighted by Gasteiger charge is -2.33. The fourth-order valence-electron chi connectivity index (χ4n) is 6.93. The van der Waals surface area contributed by atoms with Crippen molar-refractivity contribution in [2.45, 2.75) is 76.7 Å². The summed E-state index contributed by atoms with van der Waals surface area (Å²) in [4.78, 5) is 26.7. The van der Waals surface area contributed by atoms with E-state index in [1.807, 2.05) is 24.1 Å². The lowest BCUT2D eigenvalue weighted by molar-refractivity contribution is -0.136. The number of ether oxygens (including phenoxy) is 1. The quantitative estimate of drug-likeness (QED) is 0.392. The minimum absolute atomic E-state index is 0. The molecule has 11 heteroatoms. The van der Waals surface area contributed by atoms with Gasteiger partial charge in [0.15, 0.2) is 0 Å². The van der Waals surface area contributed by atoms with Gasteiger partial charge in [0.1, 0.15) is 15.7 Å². The topological polar surface area (TPSA) is 110 Å². The molecule has 2 aliphatic heterocycles. The molecule has 2 saturated heterocycles. The number of hydrogen-bond donors (Lipinski definition) is 1. The number of hydrogen-bond acceptors (Lipinski definition) is 8. The number of rotatable bonds is 8. The second-order valence-electron chi connectivity index (χ2n) is 12.0. The van der Waals surface area contributed by atoms with Gasteiger partial charge in [-0.15, -0.1) is 0 Å². The van der Waals surface area contributed by atoms with Gasteiger partial charge in [-0.1, -0.05) is 13.5 Å². The Hall–Kier alpha value is -3.18. The molecule has 3 aliphatic rings. The molecule has 1 N–H and O–H groups in total. The van der Waals surface area contributed by atoms with Crippen LogP contribution in [0.15, 0.2) is 42.7 Å². The zero-order valence-corrected chi connectivity index (χ0v) is 25.4. The first-order valence-electron chi connectivity index (χ1n) is 15.3. The van der Waals surface area contributed by atoms with Crippen LogP contribution in [-0.2, 0) is 19.4 Å². The highest BCUT2D eigenvalue weighted by molar-refractivity contribution is 7.91. The average Bonchev–Trinajstić information content (AvgIpc) is 3.65. The molecule has 3 fully saturated rings. The third-order valence-corrected chi connectivity index (χ3v) is 10.9. The molecule has 43 heavy (non-hydrogen) atoms. The Morgan fingerprint density at radius 1 is 1.02 bits per heavy atom. The molecule has 4 heterocycles. The highest BCUT2D eigenvalue weighted by atomic mass is 32.2. The number of aromatic nitrogens is 3. The zero-order chi connectivity index (χ0) is 29.3. The molecular weight excluding hydrogens is 564 g/mol. The average molecular weight is 611 g/mol. The highest BCUT2D eigenvalue weighted by Gasteiger charge is 2.34. The largest absolute Gasteiger partial charge is 0.377 e. The summed E-state index contributed by atoms with van der Waals surface area (Å²) in [5, 5.41) is 4.40. The predicted octanol–water partition coefficient (Wildman–Crippen LogP) is 4.68. The molecule has 0 spiro atoms. The van der Waals surface area contributed by atoms with E-state index in [9.17, 15) is 13.2 Å². The number of carbonyl (C=O) groups excluding carboxylic acids is 1. The van der Waals surface area contributed by atoms with Crippen LogP contribution in [0.3, 0.4) is 0 Å². The van der Waals surface area contributed by atoms with Crippen LogP contribution >= 0.6 is 0 Å². The van der Waals surface area contributed by atoms with Gasteiger partial charge in [0.05, 0.1) is 16.9 Å². The van der Waals surface area contributed by atoms with Crippen molar-refractivity contribution in [3.63, 3.8) is 0 Å². The second kappa shape index (κ2) is 13.2. The van der Waals surface area contributed by atoms with E-state index in [0.717, 1.165) is 80.7 Å². The normalized spacial score (nSPS) is 23.3. The first-order chi connectivity index (χ1) is 20.3. The van der Waals surface area contributed by atoms with Crippen LogP contribution in [0.5, 0.6) is 0 Å². The van der Waals surface area contributed by atoms with Crippen LogP contribution in [0.4, 0.5) is 11.6 Å². The fraction of sp³-hybridized carbons (Fsp3) is 0.594. The molecule has 1 aliphatic carbocycles. The number of likely N-dealkylation sites (tertiary alicyclic amines) is 1. The van der Waals surface area contributed by atoms with Crippen LogP contribution in [0, 0.1) is 5.92 Å². The molecule has 3 aromatic rings. The Morgan fingerprint density at radius 3 is 2.51 bits per heavy atom. The standard InChI is InChI=1S/C31H42N6O4S.CH4/c1-3-41-24-12-17-36(21-24)30(38)22-7-9-23(10-8-22)33-31-32-16-11-29(34-31)37-20-15-26-27(5-4-6-28(26)37)35-18-13-25(14-19-35)42(2,39)40;/h4-6,11,15-16,20,22-25H,3,7-10,12-14,17-19,21H2,1-2H3,(H,32,33,34);1H4/t22?,23?,24-;/m1./s1. The number of sulfone groups is 1. The number of amides is 1. The molecule has 1 amide bonds. The lowest BCUT2D eigenvalue weighted by Crippen LogP contribution is -2.39. The summed E-state index contributed by atoms with van der Waals surface area (Å²) in [5.74, 6) is 1.76. The van der Waals surface area contributed by atoms with Gasteiger partial charge in [0.2, 0.25) is 11.9 Å². The van der Waals surface area contributed by atoms with Crippen molar-refractivity contribution in [2.75, 3.05) is 49.3 Å². The summed E-state index contributed by atoms with van der Waals surface area (Å²) in [6.07, 6.45) is 11.2. The molecule has 1 aromatic carbocycles. The third-order valence-electron chi connectivity index (χ3n) is 9.25. The molecular formula is C32H46N6O4S. The summed E-state index contributed by atoms with van der Waals surface area (Å²) >= 11 is 0. The maximum absolute atomic E-state index is 13.1. The minimum Gasteiger partial charge on any atom is -0.377 e. The van der Waals surface area contributed by atoms with E-state index in [1.54, 1.807) is 6.20 Å². The van der Waals surface area contributed by atoms with Crippen LogP contribution < -0.4 is 10.2 Å². The first-order valence-corrected chi connectivity index (χ1v) is 17.3. The van der Waals surface area contributed by atoms with Crippen LogP contribution in [0.25, 0.3) is 16.7 Å². The number of nitrogens with one attached hydrogen (secondary N) is 1. The highest BCUT2D eigenvalue weighted by Crippen LogP contribution is 2.33. The van der Waals surface area contributed by atoms with Gasteiger partial charge >= 0.3 is 0 Å². The predicted molar refractivity (Wildman–Crippen MR) is 172 cm³/mol. The molecule has 234 valence electrons. The van der Waals surface area contributed by atoms with Crippen molar-refractivity contribution in [2.24, 2.45) is 5.92 Å². The van der Waals surface area contributed by atoms with Crippen molar-refractivity contribution in [3.8, 4) is 5.82 Å². The molecule has 0 bridgehead atoms. The van der Waals surface area contributed by atoms with Crippen molar-refractivity contribution < 1.29 is 17.9 Å². The van der Waals surface area contributed by atoms with Gasteiger partial charge in [-0.25, -0.2) is 13.4 Å². The Kier molecular flexibility index (Phi) is 9.60. The monoisotopic (exact) mass is 610 g/mol. The molecule has 1 atom stereocenters. The molecule has 2 aromatic heterocycles. The SMILES string of the molecule is C.CCO[C@@H]1CCN(C(=O)C2CCC(Nc3nccc(-n4ccc5c(N6CCC(S(C)(=O)=O)CC6)cccc54)n3)CC2)C1. The summed E-state index contributed by atoms with van der Waals surface area (Å²) < 4.78 is 31.8. The summed E-state index contributed by atoms with van der Waals surface area (Å²) in [6, 6.07) is 10.5. The molecule has 6 rings (SSSR count). The van der Waals surface area contributed by atoms with Crippen molar-refractivity contribution >= 4 is 38.3 Å².